The summed E-state index contributed by atoms with van der Waals surface area (Å²) < 4.78 is 0. The fraction of sp³-hybridized carbons (Fsp3) is 0.200. The zero-order valence-electron chi connectivity index (χ0n) is 14.2. The molecule has 2 aromatic rings. The van der Waals surface area contributed by atoms with E-state index in [1.807, 2.05) is 24.3 Å². The molecule has 0 atom stereocenters. The average molecular weight is 385 g/mol. The van der Waals surface area contributed by atoms with Gasteiger partial charge < -0.3 is 5.32 Å². The molecule has 0 unspecified atom stereocenters. The number of Topliss-reactive ketones (excluding diaryl/α,β-unsaturated/α-hetero) is 1. The van der Waals surface area contributed by atoms with Gasteiger partial charge in [0, 0.05) is 29.0 Å². The van der Waals surface area contributed by atoms with Gasteiger partial charge in [-0.05, 0) is 37.2 Å². The molecule has 0 spiro atoms. The third-order valence-electron chi connectivity index (χ3n) is 3.63. The van der Waals surface area contributed by atoms with Crippen molar-refractivity contribution in [3.8, 4) is 0 Å². The molecular formula is C20H20N2O2S2. The molecule has 4 nitrogen and oxygen atoms in total. The molecule has 134 valence electrons. The van der Waals surface area contributed by atoms with Gasteiger partial charge in [0.05, 0.1) is 0 Å². The first-order valence-electron chi connectivity index (χ1n) is 8.30. The molecule has 0 aromatic heterocycles. The van der Waals surface area contributed by atoms with Crippen molar-refractivity contribution in [3.05, 3.63) is 71.8 Å². The molecule has 0 radical (unpaired) electrons. The van der Waals surface area contributed by atoms with Crippen molar-refractivity contribution in [1.29, 1.82) is 0 Å². The molecule has 0 aliphatic carbocycles. The molecule has 2 aromatic carbocycles. The predicted octanol–water partition coefficient (Wildman–Crippen LogP) is 3.71. The van der Waals surface area contributed by atoms with Crippen LogP contribution in [0.4, 0.5) is 0 Å². The molecule has 6 heteroatoms. The lowest BCUT2D eigenvalue weighted by molar-refractivity contribution is 0.0974. The van der Waals surface area contributed by atoms with Crippen LogP contribution in [0.25, 0.3) is 0 Å². The summed E-state index contributed by atoms with van der Waals surface area (Å²) >= 11 is 10.4. The number of carbonyl (C=O) groups excluding carboxylic acids is 2. The standard InChI is InChI=1S/C20H20N2O2S2/c23-18(15-8-3-1-4-9-15)14-17(25)12-7-13-21-20(26)22-19(24)16-10-5-2-6-11-16/h1-6,8-11H,7,12-14H2,(H2,21,22,24,26). The maximum Gasteiger partial charge on any atom is 0.257 e. The number of thiocarbonyl (C=S) groups is 2. The zero-order valence-corrected chi connectivity index (χ0v) is 15.9. The number of benzene rings is 2. The van der Waals surface area contributed by atoms with Crippen LogP contribution in [0.5, 0.6) is 0 Å². The van der Waals surface area contributed by atoms with Crippen LogP contribution >= 0.6 is 24.4 Å². The lowest BCUT2D eigenvalue weighted by Gasteiger charge is -2.09. The molecular weight excluding hydrogens is 364 g/mol. The van der Waals surface area contributed by atoms with Gasteiger partial charge in [-0.15, -0.1) is 0 Å². The van der Waals surface area contributed by atoms with Gasteiger partial charge >= 0.3 is 0 Å². The monoisotopic (exact) mass is 384 g/mol. The van der Waals surface area contributed by atoms with Crippen molar-refractivity contribution in [2.45, 2.75) is 19.3 Å². The first-order chi connectivity index (χ1) is 12.6. The minimum absolute atomic E-state index is 0.0363. The Morgan fingerprint density at radius 3 is 2.04 bits per heavy atom. The summed E-state index contributed by atoms with van der Waals surface area (Å²) in [5, 5.41) is 5.89. The summed E-state index contributed by atoms with van der Waals surface area (Å²) in [6, 6.07) is 18.0. The molecule has 0 saturated carbocycles. The van der Waals surface area contributed by atoms with Gasteiger partial charge in [-0.3, -0.25) is 14.9 Å². The van der Waals surface area contributed by atoms with Crippen LogP contribution in [0.1, 0.15) is 40.0 Å². The molecule has 1 amide bonds. The van der Waals surface area contributed by atoms with E-state index in [1.165, 1.54) is 0 Å². The topological polar surface area (TPSA) is 58.2 Å². The Kier molecular flexibility index (Phi) is 8.05. The highest BCUT2D eigenvalue weighted by Gasteiger charge is 2.09. The molecule has 26 heavy (non-hydrogen) atoms. The van der Waals surface area contributed by atoms with Crippen molar-refractivity contribution in [3.63, 3.8) is 0 Å². The normalized spacial score (nSPS) is 10.0. The van der Waals surface area contributed by atoms with Gasteiger partial charge in [0.25, 0.3) is 5.91 Å². The molecule has 0 aliphatic rings. The van der Waals surface area contributed by atoms with E-state index >= 15 is 0 Å². The van der Waals surface area contributed by atoms with E-state index in [0.717, 1.165) is 11.3 Å². The van der Waals surface area contributed by atoms with Gasteiger partial charge in [0.2, 0.25) is 0 Å². The third kappa shape index (κ3) is 6.82. The summed E-state index contributed by atoms with van der Waals surface area (Å²) in [4.78, 5) is 24.8. The van der Waals surface area contributed by atoms with Gasteiger partial charge in [0.15, 0.2) is 10.9 Å². The van der Waals surface area contributed by atoms with Crippen LogP contribution in [0.2, 0.25) is 0 Å². The van der Waals surface area contributed by atoms with Gasteiger partial charge in [-0.1, -0.05) is 60.7 Å². The van der Waals surface area contributed by atoms with E-state index in [2.05, 4.69) is 10.6 Å². The predicted molar refractivity (Wildman–Crippen MR) is 112 cm³/mol. The minimum atomic E-state index is -0.243. The highest BCUT2D eigenvalue weighted by molar-refractivity contribution is 7.80. The third-order valence-corrected chi connectivity index (χ3v) is 4.23. The maximum absolute atomic E-state index is 12.1. The molecule has 0 bridgehead atoms. The Bertz CT molecular complexity index is 709. The van der Waals surface area contributed by atoms with Gasteiger partial charge in [-0.25, -0.2) is 0 Å². The number of hydrogen-bond acceptors (Lipinski definition) is 4. The van der Waals surface area contributed by atoms with Crippen molar-refractivity contribution in [2.75, 3.05) is 6.54 Å². The minimum Gasteiger partial charge on any atom is -0.362 e. The Labute approximate surface area is 164 Å². The lowest BCUT2D eigenvalue weighted by atomic mass is 10.0. The second-order valence-electron chi connectivity index (χ2n) is 5.68. The van der Waals surface area contributed by atoms with Gasteiger partial charge in [0.1, 0.15) is 0 Å². The number of hydrogen-bond donors (Lipinski definition) is 2. The van der Waals surface area contributed by atoms with Crippen molar-refractivity contribution >= 4 is 46.1 Å². The number of nitrogens with one attached hydrogen (secondary N) is 2. The average Bonchev–Trinajstić information content (AvgIpc) is 2.66. The number of ketones is 1. The van der Waals surface area contributed by atoms with Crippen molar-refractivity contribution < 1.29 is 9.59 Å². The quantitative estimate of drug-likeness (QED) is 0.413. The van der Waals surface area contributed by atoms with Crippen LogP contribution in [-0.2, 0) is 0 Å². The second-order valence-corrected chi connectivity index (χ2v) is 6.67. The molecule has 0 saturated heterocycles. The van der Waals surface area contributed by atoms with E-state index in [1.54, 1.807) is 36.4 Å². The lowest BCUT2D eigenvalue weighted by Crippen LogP contribution is -2.39. The number of carbonyl (C=O) groups is 2. The summed E-state index contributed by atoms with van der Waals surface area (Å²) in [6.07, 6.45) is 1.66. The Morgan fingerprint density at radius 2 is 1.42 bits per heavy atom. The van der Waals surface area contributed by atoms with E-state index in [4.69, 9.17) is 24.4 Å². The van der Waals surface area contributed by atoms with Crippen LogP contribution in [0.15, 0.2) is 60.7 Å². The maximum atomic E-state index is 12.1. The first kappa shape index (κ1) is 19.9. The number of amides is 1. The molecule has 2 rings (SSSR count). The molecule has 0 heterocycles. The number of rotatable bonds is 8. The fourth-order valence-corrected chi connectivity index (χ4v) is 2.76. The summed E-state index contributed by atoms with van der Waals surface area (Å²) in [7, 11) is 0. The van der Waals surface area contributed by atoms with Crippen LogP contribution in [-0.4, -0.2) is 28.2 Å². The highest BCUT2D eigenvalue weighted by atomic mass is 32.1. The Balaban J connectivity index is 1.63. The van der Waals surface area contributed by atoms with Crippen molar-refractivity contribution in [2.24, 2.45) is 0 Å². The molecule has 0 fully saturated rings. The van der Waals surface area contributed by atoms with Gasteiger partial charge in [-0.2, -0.15) is 0 Å². The largest absolute Gasteiger partial charge is 0.362 e. The summed E-state index contributed by atoms with van der Waals surface area (Å²) in [6.45, 7) is 0.577. The van der Waals surface area contributed by atoms with E-state index in [9.17, 15) is 9.59 Å². The SMILES string of the molecule is O=C(CC(=S)CCCNC(=S)NC(=O)c1ccccc1)c1ccccc1. The zero-order chi connectivity index (χ0) is 18.8. The van der Waals surface area contributed by atoms with E-state index in [-0.39, 0.29) is 23.2 Å². The van der Waals surface area contributed by atoms with E-state index in [0.29, 0.717) is 24.1 Å². The van der Waals surface area contributed by atoms with E-state index < -0.39 is 0 Å². The highest BCUT2D eigenvalue weighted by Crippen LogP contribution is 2.07. The Hall–Kier alpha value is -2.44. The Morgan fingerprint density at radius 1 is 0.846 bits per heavy atom. The first-order valence-corrected chi connectivity index (χ1v) is 9.12. The van der Waals surface area contributed by atoms with Crippen molar-refractivity contribution in [1.82, 2.24) is 10.6 Å². The summed E-state index contributed by atoms with van der Waals surface area (Å²) in [5.74, 6) is -0.207. The summed E-state index contributed by atoms with van der Waals surface area (Å²) in [5.41, 5.74) is 1.23. The fourth-order valence-electron chi connectivity index (χ4n) is 2.29. The second kappa shape index (κ2) is 10.5. The van der Waals surface area contributed by atoms with Crippen LogP contribution in [0, 0.1) is 0 Å². The molecule has 0 aliphatic heterocycles. The molecule has 2 N–H and O–H groups in total. The van der Waals surface area contributed by atoms with Crippen LogP contribution in [0.3, 0.4) is 0 Å². The van der Waals surface area contributed by atoms with Crippen LogP contribution < -0.4 is 10.6 Å². The smallest absolute Gasteiger partial charge is 0.257 e.